The highest BCUT2D eigenvalue weighted by Crippen LogP contribution is 2.26. The first-order valence-corrected chi connectivity index (χ1v) is 10.3. The van der Waals surface area contributed by atoms with Crippen molar-refractivity contribution in [1.82, 2.24) is 20.2 Å². The zero-order valence-corrected chi connectivity index (χ0v) is 16.9. The van der Waals surface area contributed by atoms with Gasteiger partial charge in [0.1, 0.15) is 23.1 Å². The van der Waals surface area contributed by atoms with Crippen molar-refractivity contribution in [2.24, 2.45) is 0 Å². The van der Waals surface area contributed by atoms with Crippen LogP contribution in [-0.4, -0.2) is 26.8 Å². The predicted octanol–water partition coefficient (Wildman–Crippen LogP) is 5.76. The van der Waals surface area contributed by atoms with Crippen LogP contribution in [0, 0.1) is 0 Å². The van der Waals surface area contributed by atoms with Gasteiger partial charge in [-0.25, -0.2) is 4.98 Å². The number of para-hydroxylation sites is 2. The van der Waals surface area contributed by atoms with Gasteiger partial charge >= 0.3 is 0 Å². The Morgan fingerprint density at radius 3 is 2.26 bits per heavy atom. The standard InChI is InChI=1S/C25H22N4O2/c1-2-5-24-23(4-1)27-25(28-24)6-3-17-30-19-11-13-21(14-12-19)31-20-9-7-18(8-10-20)22-15-16-26-29-22/h1-2,4-5,7-16H,3,6,17H2,(H,26,29)(H,27,28). The van der Waals surface area contributed by atoms with Crippen LogP contribution in [-0.2, 0) is 6.42 Å². The summed E-state index contributed by atoms with van der Waals surface area (Å²) in [6.45, 7) is 0.631. The maximum absolute atomic E-state index is 5.92. The van der Waals surface area contributed by atoms with E-state index in [2.05, 4.69) is 20.2 Å². The smallest absolute Gasteiger partial charge is 0.127 e. The molecular formula is C25H22N4O2. The summed E-state index contributed by atoms with van der Waals surface area (Å²) in [7, 11) is 0. The number of hydrogen-bond acceptors (Lipinski definition) is 4. The van der Waals surface area contributed by atoms with Crippen LogP contribution in [0.2, 0.25) is 0 Å². The molecule has 0 unspecified atom stereocenters. The van der Waals surface area contributed by atoms with Crippen LogP contribution >= 0.6 is 0 Å². The third-order valence-electron chi connectivity index (χ3n) is 4.99. The van der Waals surface area contributed by atoms with Crippen molar-refractivity contribution in [2.75, 3.05) is 6.61 Å². The molecule has 0 atom stereocenters. The van der Waals surface area contributed by atoms with Crippen molar-refractivity contribution in [2.45, 2.75) is 12.8 Å². The number of rotatable bonds is 8. The Morgan fingerprint density at radius 2 is 1.52 bits per heavy atom. The number of aryl methyl sites for hydroxylation is 1. The van der Waals surface area contributed by atoms with Gasteiger partial charge in [-0.1, -0.05) is 12.1 Å². The van der Waals surface area contributed by atoms with Crippen LogP contribution in [0.4, 0.5) is 0 Å². The Bertz CT molecular complexity index is 1210. The van der Waals surface area contributed by atoms with Crippen molar-refractivity contribution in [3.63, 3.8) is 0 Å². The molecular weight excluding hydrogens is 388 g/mol. The van der Waals surface area contributed by atoms with E-state index in [0.717, 1.165) is 58.2 Å². The minimum absolute atomic E-state index is 0.631. The van der Waals surface area contributed by atoms with Gasteiger partial charge < -0.3 is 14.5 Å². The summed E-state index contributed by atoms with van der Waals surface area (Å²) >= 11 is 0. The Labute approximate surface area is 179 Å². The zero-order valence-electron chi connectivity index (χ0n) is 16.9. The van der Waals surface area contributed by atoms with Crippen LogP contribution in [0.1, 0.15) is 12.2 Å². The second-order valence-electron chi connectivity index (χ2n) is 7.22. The van der Waals surface area contributed by atoms with Gasteiger partial charge in [0.25, 0.3) is 0 Å². The second-order valence-corrected chi connectivity index (χ2v) is 7.22. The molecule has 6 heteroatoms. The van der Waals surface area contributed by atoms with E-state index in [9.17, 15) is 0 Å². The Balaban J connectivity index is 1.10. The van der Waals surface area contributed by atoms with Crippen LogP contribution < -0.4 is 9.47 Å². The SMILES string of the molecule is c1ccc2[nH]c(CCCOc3ccc(Oc4ccc(-c5ccn[nH]5)cc4)cc3)nc2c1. The highest BCUT2D eigenvalue weighted by Gasteiger charge is 2.04. The Morgan fingerprint density at radius 1 is 0.774 bits per heavy atom. The van der Waals surface area contributed by atoms with Crippen LogP contribution in [0.3, 0.4) is 0 Å². The molecule has 154 valence electrons. The molecule has 0 fully saturated rings. The summed E-state index contributed by atoms with van der Waals surface area (Å²) in [6.07, 6.45) is 3.48. The molecule has 5 aromatic rings. The molecule has 0 amide bonds. The number of hydrogen-bond donors (Lipinski definition) is 2. The molecule has 2 heterocycles. The summed E-state index contributed by atoms with van der Waals surface area (Å²) in [4.78, 5) is 7.94. The van der Waals surface area contributed by atoms with Gasteiger partial charge in [-0.05, 0) is 78.7 Å². The lowest BCUT2D eigenvalue weighted by Gasteiger charge is -2.09. The van der Waals surface area contributed by atoms with E-state index in [1.54, 1.807) is 6.20 Å². The van der Waals surface area contributed by atoms with Gasteiger partial charge in [0.15, 0.2) is 0 Å². The molecule has 0 saturated heterocycles. The van der Waals surface area contributed by atoms with Gasteiger partial charge in [0.05, 0.1) is 23.3 Å². The summed E-state index contributed by atoms with van der Waals surface area (Å²) in [6, 6.07) is 25.6. The number of aromatic nitrogens is 4. The summed E-state index contributed by atoms with van der Waals surface area (Å²) in [5, 5.41) is 6.93. The van der Waals surface area contributed by atoms with Crippen molar-refractivity contribution < 1.29 is 9.47 Å². The molecule has 0 saturated carbocycles. The third-order valence-corrected chi connectivity index (χ3v) is 4.99. The Kier molecular flexibility index (Phi) is 5.35. The third kappa shape index (κ3) is 4.59. The molecule has 0 aliphatic rings. The van der Waals surface area contributed by atoms with E-state index in [1.165, 1.54) is 0 Å². The summed E-state index contributed by atoms with van der Waals surface area (Å²) in [5.41, 5.74) is 4.12. The van der Waals surface area contributed by atoms with Crippen molar-refractivity contribution in [1.29, 1.82) is 0 Å². The maximum atomic E-state index is 5.92. The van der Waals surface area contributed by atoms with E-state index in [4.69, 9.17) is 9.47 Å². The molecule has 0 aliphatic carbocycles. The summed E-state index contributed by atoms with van der Waals surface area (Å²) in [5.74, 6) is 3.37. The van der Waals surface area contributed by atoms with Gasteiger partial charge in [-0.2, -0.15) is 5.10 Å². The first kappa shape index (κ1) is 18.9. The number of aromatic amines is 2. The number of ether oxygens (including phenoxy) is 2. The molecule has 5 rings (SSSR count). The highest BCUT2D eigenvalue weighted by atomic mass is 16.5. The van der Waals surface area contributed by atoms with E-state index >= 15 is 0 Å². The zero-order chi connectivity index (χ0) is 20.9. The number of fused-ring (bicyclic) bond motifs is 1. The van der Waals surface area contributed by atoms with Gasteiger partial charge in [0.2, 0.25) is 0 Å². The van der Waals surface area contributed by atoms with Gasteiger partial charge in [0, 0.05) is 12.6 Å². The molecule has 2 aromatic heterocycles. The van der Waals surface area contributed by atoms with E-state index < -0.39 is 0 Å². The number of H-pyrrole nitrogens is 2. The molecule has 2 N–H and O–H groups in total. The van der Waals surface area contributed by atoms with Crippen molar-refractivity contribution in [3.8, 4) is 28.5 Å². The fourth-order valence-corrected chi connectivity index (χ4v) is 3.41. The van der Waals surface area contributed by atoms with Gasteiger partial charge in [-0.3, -0.25) is 5.10 Å². The lowest BCUT2D eigenvalue weighted by molar-refractivity contribution is 0.309. The average molecular weight is 410 g/mol. The molecule has 0 bridgehead atoms. The topological polar surface area (TPSA) is 75.8 Å². The number of imidazole rings is 1. The highest BCUT2D eigenvalue weighted by molar-refractivity contribution is 5.74. The average Bonchev–Trinajstić information content (AvgIpc) is 3.48. The maximum Gasteiger partial charge on any atom is 0.127 e. The minimum Gasteiger partial charge on any atom is -0.494 e. The van der Waals surface area contributed by atoms with Crippen LogP contribution in [0.15, 0.2) is 85.1 Å². The van der Waals surface area contributed by atoms with Gasteiger partial charge in [-0.15, -0.1) is 0 Å². The van der Waals surface area contributed by atoms with E-state index in [-0.39, 0.29) is 0 Å². The normalized spacial score (nSPS) is 11.0. The first-order valence-electron chi connectivity index (χ1n) is 10.3. The monoisotopic (exact) mass is 410 g/mol. The van der Waals surface area contributed by atoms with Crippen molar-refractivity contribution in [3.05, 3.63) is 90.9 Å². The molecule has 0 radical (unpaired) electrons. The first-order chi connectivity index (χ1) is 15.3. The number of nitrogens with zero attached hydrogens (tertiary/aromatic N) is 2. The largest absolute Gasteiger partial charge is 0.494 e. The second kappa shape index (κ2) is 8.75. The van der Waals surface area contributed by atoms with Crippen LogP contribution in [0.5, 0.6) is 17.2 Å². The van der Waals surface area contributed by atoms with E-state index in [1.807, 2.05) is 78.9 Å². The lowest BCUT2D eigenvalue weighted by atomic mass is 10.1. The molecule has 0 aliphatic heterocycles. The molecule has 31 heavy (non-hydrogen) atoms. The van der Waals surface area contributed by atoms with E-state index in [0.29, 0.717) is 6.61 Å². The fraction of sp³-hybridized carbons (Fsp3) is 0.120. The molecule has 6 nitrogen and oxygen atoms in total. The fourth-order valence-electron chi connectivity index (χ4n) is 3.41. The van der Waals surface area contributed by atoms with Crippen molar-refractivity contribution >= 4 is 11.0 Å². The number of benzene rings is 3. The minimum atomic E-state index is 0.631. The predicted molar refractivity (Wildman–Crippen MR) is 120 cm³/mol. The summed E-state index contributed by atoms with van der Waals surface area (Å²) < 4.78 is 11.8. The number of nitrogens with one attached hydrogen (secondary N) is 2. The quantitative estimate of drug-likeness (QED) is 0.319. The Hall–Kier alpha value is -4.06. The van der Waals surface area contributed by atoms with Crippen LogP contribution in [0.25, 0.3) is 22.3 Å². The lowest BCUT2D eigenvalue weighted by Crippen LogP contribution is -2.00. The molecule has 0 spiro atoms. The molecule has 3 aromatic carbocycles.